The molecule has 1 aliphatic heterocycles. The van der Waals surface area contributed by atoms with E-state index in [1.54, 1.807) is 17.0 Å². The maximum absolute atomic E-state index is 12.2. The van der Waals surface area contributed by atoms with Gasteiger partial charge in [0.2, 0.25) is 0 Å². The standard InChI is InChI=1S/C13H15Cl2NO2/c14-5-3-9-4-6-16(8-9)13(18)11-2-1-10(15)7-12(11)17/h1-2,7,9,17H,3-6,8H2. The van der Waals surface area contributed by atoms with Crippen molar-refractivity contribution >= 4 is 29.1 Å². The van der Waals surface area contributed by atoms with Crippen LogP contribution >= 0.6 is 23.2 Å². The summed E-state index contributed by atoms with van der Waals surface area (Å²) in [5, 5.41) is 10.2. The van der Waals surface area contributed by atoms with E-state index in [1.807, 2.05) is 0 Å². The molecule has 98 valence electrons. The molecule has 1 heterocycles. The van der Waals surface area contributed by atoms with Crippen molar-refractivity contribution in [2.24, 2.45) is 5.92 Å². The summed E-state index contributed by atoms with van der Waals surface area (Å²) >= 11 is 11.5. The molecule has 0 spiro atoms. The Morgan fingerprint density at radius 1 is 1.50 bits per heavy atom. The second-order valence-corrected chi connectivity index (χ2v) is 5.36. The normalized spacial score (nSPS) is 19.2. The second-order valence-electron chi connectivity index (χ2n) is 4.54. The maximum atomic E-state index is 12.2. The number of amides is 1. The van der Waals surface area contributed by atoms with Crippen LogP contribution in [0.4, 0.5) is 0 Å². The van der Waals surface area contributed by atoms with Crippen LogP contribution < -0.4 is 0 Å². The molecule has 0 aliphatic carbocycles. The Morgan fingerprint density at radius 2 is 2.28 bits per heavy atom. The zero-order valence-corrected chi connectivity index (χ0v) is 11.4. The largest absolute Gasteiger partial charge is 0.507 e. The zero-order valence-electron chi connectivity index (χ0n) is 9.90. The molecule has 1 aromatic rings. The van der Waals surface area contributed by atoms with Gasteiger partial charge < -0.3 is 10.0 Å². The third-order valence-electron chi connectivity index (χ3n) is 3.28. The first-order chi connectivity index (χ1) is 8.61. The van der Waals surface area contributed by atoms with Crippen molar-refractivity contribution in [2.75, 3.05) is 19.0 Å². The molecule has 5 heteroatoms. The highest BCUT2D eigenvalue weighted by Crippen LogP contribution is 2.26. The molecule has 0 saturated carbocycles. The number of aromatic hydroxyl groups is 1. The van der Waals surface area contributed by atoms with Crippen LogP contribution in [0, 0.1) is 5.92 Å². The van der Waals surface area contributed by atoms with E-state index in [1.165, 1.54) is 6.07 Å². The fourth-order valence-corrected chi connectivity index (χ4v) is 2.74. The number of carbonyl (C=O) groups is 1. The SMILES string of the molecule is O=C(c1ccc(Cl)cc1O)N1CCC(CCCl)C1. The number of nitrogens with zero attached hydrogens (tertiary/aromatic N) is 1. The van der Waals surface area contributed by atoms with Crippen molar-refractivity contribution < 1.29 is 9.90 Å². The summed E-state index contributed by atoms with van der Waals surface area (Å²) in [6.07, 6.45) is 1.91. The van der Waals surface area contributed by atoms with Gasteiger partial charge >= 0.3 is 0 Å². The Bertz CT molecular complexity index is 451. The molecule has 1 amide bonds. The van der Waals surface area contributed by atoms with Crippen LogP contribution in [0.25, 0.3) is 0 Å². The predicted octanol–water partition coefficient (Wildman–Crippen LogP) is 3.14. The van der Waals surface area contributed by atoms with Gasteiger partial charge in [-0.1, -0.05) is 11.6 Å². The van der Waals surface area contributed by atoms with Gasteiger partial charge in [-0.15, -0.1) is 11.6 Å². The van der Waals surface area contributed by atoms with Crippen molar-refractivity contribution in [3.63, 3.8) is 0 Å². The summed E-state index contributed by atoms with van der Waals surface area (Å²) < 4.78 is 0. The molecular weight excluding hydrogens is 273 g/mol. The molecule has 0 radical (unpaired) electrons. The molecular formula is C13H15Cl2NO2. The first-order valence-electron chi connectivity index (χ1n) is 5.95. The van der Waals surface area contributed by atoms with Crippen LogP contribution in [0.15, 0.2) is 18.2 Å². The highest BCUT2D eigenvalue weighted by molar-refractivity contribution is 6.30. The first-order valence-corrected chi connectivity index (χ1v) is 6.87. The number of carbonyl (C=O) groups excluding carboxylic acids is 1. The molecule has 1 fully saturated rings. The Balaban J connectivity index is 2.08. The highest BCUT2D eigenvalue weighted by Gasteiger charge is 2.27. The van der Waals surface area contributed by atoms with Gasteiger partial charge in [-0.05, 0) is 37.0 Å². The topological polar surface area (TPSA) is 40.5 Å². The summed E-state index contributed by atoms with van der Waals surface area (Å²) in [4.78, 5) is 14.0. The lowest BCUT2D eigenvalue weighted by atomic mass is 10.1. The van der Waals surface area contributed by atoms with Crippen molar-refractivity contribution in [3.8, 4) is 5.75 Å². The number of halogens is 2. The maximum Gasteiger partial charge on any atom is 0.257 e. The molecule has 1 aliphatic rings. The van der Waals surface area contributed by atoms with E-state index in [-0.39, 0.29) is 11.7 Å². The average Bonchev–Trinajstić information content (AvgIpc) is 2.77. The smallest absolute Gasteiger partial charge is 0.257 e. The molecule has 1 aromatic carbocycles. The van der Waals surface area contributed by atoms with E-state index in [4.69, 9.17) is 23.2 Å². The minimum atomic E-state index is -0.138. The number of alkyl halides is 1. The van der Waals surface area contributed by atoms with E-state index < -0.39 is 0 Å². The summed E-state index contributed by atoms with van der Waals surface area (Å²) in [6.45, 7) is 1.44. The van der Waals surface area contributed by atoms with Crippen molar-refractivity contribution in [2.45, 2.75) is 12.8 Å². The lowest BCUT2D eigenvalue weighted by molar-refractivity contribution is 0.0784. The van der Waals surface area contributed by atoms with Crippen molar-refractivity contribution in [1.29, 1.82) is 0 Å². The number of phenolic OH excluding ortho intramolecular Hbond substituents is 1. The Morgan fingerprint density at radius 3 is 2.94 bits per heavy atom. The summed E-state index contributed by atoms with van der Waals surface area (Å²) in [6, 6.07) is 4.57. The zero-order chi connectivity index (χ0) is 13.1. The van der Waals surface area contributed by atoms with Gasteiger partial charge in [-0.25, -0.2) is 0 Å². The number of rotatable bonds is 3. The highest BCUT2D eigenvalue weighted by atomic mass is 35.5. The quantitative estimate of drug-likeness (QED) is 0.868. The molecule has 0 aromatic heterocycles. The van der Waals surface area contributed by atoms with Gasteiger partial charge in [0.15, 0.2) is 0 Å². The van der Waals surface area contributed by atoms with Gasteiger partial charge in [0, 0.05) is 24.0 Å². The molecule has 3 nitrogen and oxygen atoms in total. The fourth-order valence-electron chi connectivity index (χ4n) is 2.26. The van der Waals surface area contributed by atoms with Crippen molar-refractivity contribution in [3.05, 3.63) is 28.8 Å². The van der Waals surface area contributed by atoms with Gasteiger partial charge in [0.05, 0.1) is 5.56 Å². The fraction of sp³-hybridized carbons (Fsp3) is 0.462. The van der Waals surface area contributed by atoms with E-state index in [2.05, 4.69) is 0 Å². The van der Waals surface area contributed by atoms with Crippen LogP contribution in [0.5, 0.6) is 5.75 Å². The number of benzene rings is 1. The number of hydrogen-bond acceptors (Lipinski definition) is 2. The van der Waals surface area contributed by atoms with Crippen LogP contribution in [0.2, 0.25) is 5.02 Å². The average molecular weight is 288 g/mol. The lowest BCUT2D eigenvalue weighted by Gasteiger charge is -2.17. The summed E-state index contributed by atoms with van der Waals surface area (Å²) in [5.74, 6) is 0.897. The Labute approximate surface area is 116 Å². The van der Waals surface area contributed by atoms with Gasteiger partial charge in [-0.2, -0.15) is 0 Å². The Kier molecular flexibility index (Phi) is 4.36. The second kappa shape index (κ2) is 5.81. The lowest BCUT2D eigenvalue weighted by Crippen LogP contribution is -2.28. The molecule has 2 rings (SSSR count). The third-order valence-corrected chi connectivity index (χ3v) is 3.73. The van der Waals surface area contributed by atoms with Gasteiger partial charge in [-0.3, -0.25) is 4.79 Å². The summed E-state index contributed by atoms with van der Waals surface area (Å²) in [7, 11) is 0. The van der Waals surface area contributed by atoms with Crippen LogP contribution in [0.3, 0.4) is 0 Å². The van der Waals surface area contributed by atoms with Crippen LogP contribution in [-0.4, -0.2) is 34.9 Å². The minimum absolute atomic E-state index is 0.0618. The number of phenols is 1. The first kappa shape index (κ1) is 13.5. The molecule has 18 heavy (non-hydrogen) atoms. The molecule has 1 atom stereocenters. The molecule has 0 bridgehead atoms. The molecule has 1 saturated heterocycles. The molecule has 1 N–H and O–H groups in total. The van der Waals surface area contributed by atoms with E-state index in [0.717, 1.165) is 19.4 Å². The third kappa shape index (κ3) is 2.90. The minimum Gasteiger partial charge on any atom is -0.507 e. The van der Waals surface area contributed by atoms with E-state index in [9.17, 15) is 9.90 Å². The Hall–Kier alpha value is -0.930. The number of hydrogen-bond donors (Lipinski definition) is 1. The van der Waals surface area contributed by atoms with Crippen molar-refractivity contribution in [1.82, 2.24) is 4.90 Å². The van der Waals surface area contributed by atoms with Crippen LogP contribution in [0.1, 0.15) is 23.2 Å². The number of likely N-dealkylation sites (tertiary alicyclic amines) is 1. The predicted molar refractivity (Wildman–Crippen MR) is 72.5 cm³/mol. The van der Waals surface area contributed by atoms with Gasteiger partial charge in [0.1, 0.15) is 5.75 Å². The monoisotopic (exact) mass is 287 g/mol. The van der Waals surface area contributed by atoms with Gasteiger partial charge in [0.25, 0.3) is 5.91 Å². The van der Waals surface area contributed by atoms with E-state index in [0.29, 0.717) is 28.9 Å². The van der Waals surface area contributed by atoms with E-state index >= 15 is 0 Å². The summed E-state index contributed by atoms with van der Waals surface area (Å²) in [5.41, 5.74) is 0.311. The molecule has 1 unspecified atom stereocenters. The van der Waals surface area contributed by atoms with Crippen LogP contribution in [-0.2, 0) is 0 Å².